The molecule has 0 radical (unpaired) electrons. The molecule has 1 saturated heterocycles. The number of aromatic nitrogens is 2. The molecule has 1 aromatic rings. The van der Waals surface area contributed by atoms with Crippen molar-refractivity contribution in [3.05, 3.63) is 17.5 Å². The third-order valence-electron chi connectivity index (χ3n) is 3.39. The van der Waals surface area contributed by atoms with Crippen molar-refractivity contribution in [1.82, 2.24) is 20.2 Å². The molecule has 0 aromatic carbocycles. The van der Waals surface area contributed by atoms with Crippen LogP contribution in [0.25, 0.3) is 0 Å². The summed E-state index contributed by atoms with van der Waals surface area (Å²) in [4.78, 5) is 35.3. The first-order valence-corrected chi connectivity index (χ1v) is 6.67. The third-order valence-corrected chi connectivity index (χ3v) is 3.39. The normalized spacial score (nSPS) is 18.4. The van der Waals surface area contributed by atoms with Gasteiger partial charge in [0.2, 0.25) is 5.95 Å². The molecule has 8 nitrogen and oxygen atoms in total. The number of nitrogens with zero attached hydrogens (tertiary/aromatic N) is 4. The van der Waals surface area contributed by atoms with Crippen molar-refractivity contribution in [1.29, 1.82) is 0 Å². The Labute approximate surface area is 122 Å². The maximum absolute atomic E-state index is 12.6. The molecular weight excluding hydrogens is 274 g/mol. The standard InChI is InChI=1S/C13H19N5O3/c1-8-9(6-15-13(16-8)17(2)3)11(19)18-5-4-14-7-10(18)12(20)21/h6,10,14H,4-5,7H2,1-3H3,(H,20,21). The molecule has 114 valence electrons. The van der Waals surface area contributed by atoms with Crippen molar-refractivity contribution in [3.63, 3.8) is 0 Å². The van der Waals surface area contributed by atoms with Crippen molar-refractivity contribution in [3.8, 4) is 0 Å². The Morgan fingerprint density at radius 2 is 2.19 bits per heavy atom. The van der Waals surface area contributed by atoms with Crippen LogP contribution in [0.4, 0.5) is 5.95 Å². The number of nitrogens with one attached hydrogen (secondary N) is 1. The molecule has 2 rings (SSSR count). The third kappa shape index (κ3) is 3.10. The van der Waals surface area contributed by atoms with Crippen LogP contribution in [0.15, 0.2) is 6.20 Å². The molecule has 2 N–H and O–H groups in total. The fraction of sp³-hybridized carbons (Fsp3) is 0.538. The highest BCUT2D eigenvalue weighted by Gasteiger charge is 2.33. The van der Waals surface area contributed by atoms with E-state index in [1.807, 2.05) is 14.1 Å². The molecular formula is C13H19N5O3. The van der Waals surface area contributed by atoms with Gasteiger partial charge in [-0.05, 0) is 6.92 Å². The zero-order valence-corrected chi connectivity index (χ0v) is 12.3. The lowest BCUT2D eigenvalue weighted by Gasteiger charge is -2.33. The highest BCUT2D eigenvalue weighted by molar-refractivity contribution is 5.97. The maximum atomic E-state index is 12.6. The fourth-order valence-corrected chi connectivity index (χ4v) is 2.20. The molecule has 21 heavy (non-hydrogen) atoms. The van der Waals surface area contributed by atoms with E-state index in [4.69, 9.17) is 0 Å². The average molecular weight is 293 g/mol. The molecule has 0 spiro atoms. The minimum atomic E-state index is -1.01. The van der Waals surface area contributed by atoms with Gasteiger partial charge in [-0.2, -0.15) is 0 Å². The average Bonchev–Trinajstić information content (AvgIpc) is 2.46. The summed E-state index contributed by atoms with van der Waals surface area (Å²) in [5.41, 5.74) is 0.884. The largest absolute Gasteiger partial charge is 0.480 e. The van der Waals surface area contributed by atoms with Crippen molar-refractivity contribution in [2.24, 2.45) is 0 Å². The molecule has 1 aliphatic rings. The van der Waals surface area contributed by atoms with E-state index < -0.39 is 12.0 Å². The summed E-state index contributed by atoms with van der Waals surface area (Å²) < 4.78 is 0. The number of piperazine rings is 1. The quantitative estimate of drug-likeness (QED) is 0.764. The van der Waals surface area contributed by atoms with Crippen LogP contribution < -0.4 is 10.2 Å². The second-order valence-corrected chi connectivity index (χ2v) is 5.12. The van der Waals surface area contributed by atoms with E-state index in [1.54, 1.807) is 11.8 Å². The minimum Gasteiger partial charge on any atom is -0.480 e. The topological polar surface area (TPSA) is 98.7 Å². The number of carbonyl (C=O) groups is 2. The van der Waals surface area contributed by atoms with Crippen LogP contribution in [0, 0.1) is 6.92 Å². The number of aliphatic carboxylic acids is 1. The number of anilines is 1. The first kappa shape index (κ1) is 15.2. The highest BCUT2D eigenvalue weighted by Crippen LogP contribution is 2.15. The van der Waals surface area contributed by atoms with Crippen LogP contribution in [0.5, 0.6) is 0 Å². The van der Waals surface area contributed by atoms with Gasteiger partial charge < -0.3 is 20.2 Å². The van der Waals surface area contributed by atoms with Gasteiger partial charge in [0, 0.05) is 39.9 Å². The molecule has 2 heterocycles. The summed E-state index contributed by atoms with van der Waals surface area (Å²) in [5, 5.41) is 12.2. The van der Waals surface area contributed by atoms with Crippen LogP contribution in [0.2, 0.25) is 0 Å². The molecule has 8 heteroatoms. The molecule has 1 amide bonds. The summed E-state index contributed by atoms with van der Waals surface area (Å²) >= 11 is 0. The number of hydrogen-bond acceptors (Lipinski definition) is 6. The second kappa shape index (κ2) is 6.04. The molecule has 0 saturated carbocycles. The first-order valence-electron chi connectivity index (χ1n) is 6.67. The van der Waals surface area contributed by atoms with E-state index in [0.717, 1.165) is 0 Å². The summed E-state index contributed by atoms with van der Waals surface area (Å²) in [6.45, 7) is 2.90. The molecule has 0 aliphatic carbocycles. The van der Waals surface area contributed by atoms with E-state index in [-0.39, 0.29) is 12.5 Å². The summed E-state index contributed by atoms with van der Waals surface area (Å²) in [6.07, 6.45) is 1.46. The molecule has 1 atom stereocenters. The van der Waals surface area contributed by atoms with Gasteiger partial charge >= 0.3 is 5.97 Å². The Morgan fingerprint density at radius 3 is 2.76 bits per heavy atom. The van der Waals surface area contributed by atoms with Crippen LogP contribution in [0.3, 0.4) is 0 Å². The Hall–Kier alpha value is -2.22. The number of aryl methyl sites for hydroxylation is 1. The van der Waals surface area contributed by atoms with Crippen molar-refractivity contribution in [2.45, 2.75) is 13.0 Å². The van der Waals surface area contributed by atoms with Gasteiger partial charge in [0.15, 0.2) is 0 Å². The van der Waals surface area contributed by atoms with Crippen LogP contribution in [-0.4, -0.2) is 71.6 Å². The van der Waals surface area contributed by atoms with Crippen molar-refractivity contribution in [2.75, 3.05) is 38.6 Å². The molecule has 1 aromatic heterocycles. The zero-order chi connectivity index (χ0) is 15.6. The summed E-state index contributed by atoms with van der Waals surface area (Å²) in [5.74, 6) is -0.843. The predicted octanol–water partition coefficient (Wildman–Crippen LogP) is -0.650. The number of hydrogen-bond donors (Lipinski definition) is 2. The van der Waals surface area contributed by atoms with Gasteiger partial charge in [0.25, 0.3) is 5.91 Å². The summed E-state index contributed by atoms with van der Waals surface area (Å²) in [7, 11) is 3.63. The van der Waals surface area contributed by atoms with Gasteiger partial charge in [-0.3, -0.25) is 4.79 Å². The SMILES string of the molecule is Cc1nc(N(C)C)ncc1C(=O)N1CCNCC1C(=O)O. The monoisotopic (exact) mass is 293 g/mol. The molecule has 1 aliphatic heterocycles. The van der Waals surface area contributed by atoms with Gasteiger partial charge in [0.1, 0.15) is 6.04 Å². The van der Waals surface area contributed by atoms with E-state index in [1.165, 1.54) is 11.1 Å². The Bertz CT molecular complexity index is 561. The number of carbonyl (C=O) groups excluding carboxylic acids is 1. The van der Waals surface area contributed by atoms with Gasteiger partial charge in [-0.15, -0.1) is 0 Å². The molecule has 0 bridgehead atoms. The number of rotatable bonds is 3. The highest BCUT2D eigenvalue weighted by atomic mass is 16.4. The Morgan fingerprint density at radius 1 is 1.48 bits per heavy atom. The van der Waals surface area contributed by atoms with E-state index in [9.17, 15) is 14.7 Å². The van der Waals surface area contributed by atoms with Gasteiger partial charge in [0.05, 0.1) is 11.3 Å². The van der Waals surface area contributed by atoms with Crippen LogP contribution >= 0.6 is 0 Å². The van der Waals surface area contributed by atoms with Crippen LogP contribution in [-0.2, 0) is 4.79 Å². The van der Waals surface area contributed by atoms with Gasteiger partial charge in [-0.1, -0.05) is 0 Å². The van der Waals surface area contributed by atoms with Gasteiger partial charge in [-0.25, -0.2) is 14.8 Å². The smallest absolute Gasteiger partial charge is 0.327 e. The van der Waals surface area contributed by atoms with Crippen molar-refractivity contribution < 1.29 is 14.7 Å². The lowest BCUT2D eigenvalue weighted by atomic mass is 10.1. The first-order chi connectivity index (χ1) is 9.91. The zero-order valence-electron chi connectivity index (χ0n) is 12.3. The predicted molar refractivity (Wildman–Crippen MR) is 76.4 cm³/mol. The Balaban J connectivity index is 2.28. The lowest BCUT2D eigenvalue weighted by Crippen LogP contribution is -2.57. The molecule has 1 unspecified atom stereocenters. The second-order valence-electron chi connectivity index (χ2n) is 5.12. The number of carboxylic acid groups (broad SMARTS) is 1. The van der Waals surface area contributed by atoms with E-state index in [2.05, 4.69) is 15.3 Å². The summed E-state index contributed by atoms with van der Waals surface area (Å²) in [6, 6.07) is -0.862. The lowest BCUT2D eigenvalue weighted by molar-refractivity contribution is -0.142. The van der Waals surface area contributed by atoms with Crippen LogP contribution in [0.1, 0.15) is 16.1 Å². The van der Waals surface area contributed by atoms with E-state index in [0.29, 0.717) is 30.3 Å². The van der Waals surface area contributed by atoms with E-state index >= 15 is 0 Å². The molecule has 1 fully saturated rings. The van der Waals surface area contributed by atoms with Crippen molar-refractivity contribution >= 4 is 17.8 Å². The fourth-order valence-electron chi connectivity index (χ4n) is 2.20. The number of carboxylic acids is 1. The Kier molecular flexibility index (Phi) is 4.37. The number of amides is 1. The maximum Gasteiger partial charge on any atom is 0.327 e. The minimum absolute atomic E-state index is 0.247.